The molecular formula is C7H16OSi. The molecule has 0 amide bonds. The lowest BCUT2D eigenvalue weighted by molar-refractivity contribution is 0.344. The lowest BCUT2D eigenvalue weighted by atomic mass is 10.8. The van der Waals surface area contributed by atoms with Gasteiger partial charge in [0.05, 0.1) is 0 Å². The van der Waals surface area contributed by atoms with Crippen LogP contribution in [0.1, 0.15) is 13.8 Å². The van der Waals surface area contributed by atoms with Crippen molar-refractivity contribution in [2.75, 3.05) is 6.61 Å². The van der Waals surface area contributed by atoms with Crippen molar-refractivity contribution >= 4 is 9.04 Å². The molecule has 0 aromatic heterocycles. The van der Waals surface area contributed by atoms with Gasteiger partial charge >= 0.3 is 0 Å². The minimum Gasteiger partial charge on any atom is -0.420 e. The van der Waals surface area contributed by atoms with E-state index in [1.807, 2.05) is 6.08 Å². The van der Waals surface area contributed by atoms with Crippen LogP contribution < -0.4 is 0 Å². The maximum absolute atomic E-state index is 5.50. The van der Waals surface area contributed by atoms with Gasteiger partial charge in [-0.2, -0.15) is 0 Å². The second-order valence-corrected chi connectivity index (χ2v) is 4.88. The maximum atomic E-state index is 5.50. The third kappa shape index (κ3) is 4.42. The van der Waals surface area contributed by atoms with Crippen LogP contribution in [-0.4, -0.2) is 15.6 Å². The predicted octanol–water partition coefficient (Wildman–Crippen LogP) is 1.95. The fraction of sp³-hybridized carbons (Fsp3) is 0.714. The molecule has 0 aromatic rings. The zero-order valence-corrected chi connectivity index (χ0v) is 7.55. The van der Waals surface area contributed by atoms with Crippen molar-refractivity contribution in [2.45, 2.75) is 25.9 Å². The van der Waals surface area contributed by atoms with Crippen molar-refractivity contribution < 1.29 is 4.43 Å². The molecule has 0 aliphatic heterocycles. The molecular weight excluding hydrogens is 128 g/mol. The van der Waals surface area contributed by atoms with Gasteiger partial charge in [-0.15, -0.1) is 6.58 Å². The van der Waals surface area contributed by atoms with Crippen LogP contribution in [-0.2, 0) is 4.43 Å². The summed E-state index contributed by atoms with van der Waals surface area (Å²) in [6, 6.07) is 2.34. The van der Waals surface area contributed by atoms with Crippen LogP contribution in [0.15, 0.2) is 12.7 Å². The first-order valence-electron chi connectivity index (χ1n) is 3.57. The summed E-state index contributed by atoms with van der Waals surface area (Å²) in [5, 5.41) is 0. The molecule has 0 aromatic carbocycles. The highest BCUT2D eigenvalue weighted by Crippen LogP contribution is 2.00. The Balaban J connectivity index is 3.28. The molecule has 0 saturated heterocycles. The van der Waals surface area contributed by atoms with E-state index in [4.69, 9.17) is 4.43 Å². The molecule has 0 rings (SSSR count). The molecule has 1 nitrogen and oxygen atoms in total. The fourth-order valence-corrected chi connectivity index (χ4v) is 2.32. The highest BCUT2D eigenvalue weighted by molar-refractivity contribution is 6.52. The average molecular weight is 144 g/mol. The first-order valence-corrected chi connectivity index (χ1v) is 5.68. The second-order valence-electron chi connectivity index (χ2n) is 2.01. The van der Waals surface area contributed by atoms with Crippen molar-refractivity contribution in [1.82, 2.24) is 0 Å². The minimum atomic E-state index is -0.831. The Morgan fingerprint density at radius 2 is 2.22 bits per heavy atom. The molecule has 9 heavy (non-hydrogen) atoms. The van der Waals surface area contributed by atoms with E-state index in [2.05, 4.69) is 20.4 Å². The number of hydrogen-bond acceptors (Lipinski definition) is 1. The summed E-state index contributed by atoms with van der Waals surface area (Å²) in [4.78, 5) is 0. The lowest BCUT2D eigenvalue weighted by Gasteiger charge is -2.08. The van der Waals surface area contributed by atoms with Crippen LogP contribution >= 0.6 is 0 Å². The van der Waals surface area contributed by atoms with E-state index in [1.165, 1.54) is 6.04 Å². The molecule has 2 heteroatoms. The highest BCUT2D eigenvalue weighted by Gasteiger charge is 2.03. The van der Waals surface area contributed by atoms with Crippen molar-refractivity contribution in [3.8, 4) is 0 Å². The third-order valence-electron chi connectivity index (χ3n) is 1.29. The summed E-state index contributed by atoms with van der Waals surface area (Å²) in [6.07, 6.45) is 1.97. The first-order chi connectivity index (χ1) is 4.35. The molecule has 0 aliphatic rings. The highest BCUT2D eigenvalue weighted by atomic mass is 28.3. The van der Waals surface area contributed by atoms with Gasteiger partial charge in [0.15, 0.2) is 9.04 Å². The van der Waals surface area contributed by atoms with Gasteiger partial charge in [0.25, 0.3) is 0 Å². The zero-order valence-electron chi connectivity index (χ0n) is 6.39. The molecule has 0 radical (unpaired) electrons. The van der Waals surface area contributed by atoms with E-state index in [-0.39, 0.29) is 0 Å². The first kappa shape index (κ1) is 8.92. The van der Waals surface area contributed by atoms with E-state index < -0.39 is 9.04 Å². The maximum Gasteiger partial charge on any atom is 0.180 e. The molecule has 0 bridgehead atoms. The van der Waals surface area contributed by atoms with Gasteiger partial charge in [0.1, 0.15) is 0 Å². The van der Waals surface area contributed by atoms with Crippen LogP contribution in [0.25, 0.3) is 0 Å². The Labute approximate surface area is 59.5 Å². The molecule has 0 aliphatic carbocycles. The number of hydrogen-bond donors (Lipinski definition) is 0. The van der Waals surface area contributed by atoms with Crippen LogP contribution in [0.4, 0.5) is 0 Å². The fourth-order valence-electron chi connectivity index (χ4n) is 0.774. The van der Waals surface area contributed by atoms with Gasteiger partial charge < -0.3 is 4.43 Å². The summed E-state index contributed by atoms with van der Waals surface area (Å²) in [6.45, 7) is 8.80. The van der Waals surface area contributed by atoms with Crippen LogP contribution in [0.3, 0.4) is 0 Å². The van der Waals surface area contributed by atoms with Crippen LogP contribution in [0, 0.1) is 0 Å². The van der Waals surface area contributed by atoms with Crippen molar-refractivity contribution in [3.63, 3.8) is 0 Å². The minimum absolute atomic E-state index is 0.831. The van der Waals surface area contributed by atoms with E-state index >= 15 is 0 Å². The van der Waals surface area contributed by atoms with Crippen molar-refractivity contribution in [1.29, 1.82) is 0 Å². The zero-order chi connectivity index (χ0) is 7.11. The van der Waals surface area contributed by atoms with Gasteiger partial charge in [-0.1, -0.05) is 13.0 Å². The molecule has 54 valence electrons. The Bertz CT molecular complexity index is 73.3. The normalized spacial score (nSPS) is 13.1. The van der Waals surface area contributed by atoms with Crippen molar-refractivity contribution in [3.05, 3.63) is 12.7 Å². The van der Waals surface area contributed by atoms with Gasteiger partial charge in [-0.3, -0.25) is 0 Å². The van der Waals surface area contributed by atoms with Gasteiger partial charge in [-0.25, -0.2) is 0 Å². The summed E-state index contributed by atoms with van der Waals surface area (Å²) >= 11 is 0. The van der Waals surface area contributed by atoms with E-state index in [9.17, 15) is 0 Å². The molecule has 1 atom stereocenters. The van der Waals surface area contributed by atoms with Crippen LogP contribution in [0.2, 0.25) is 12.1 Å². The summed E-state index contributed by atoms with van der Waals surface area (Å²) in [5.74, 6) is 0. The van der Waals surface area contributed by atoms with Gasteiger partial charge in [-0.05, 0) is 19.0 Å². The van der Waals surface area contributed by atoms with Crippen molar-refractivity contribution in [2.24, 2.45) is 0 Å². The second kappa shape index (κ2) is 6.04. The Kier molecular flexibility index (Phi) is 5.99. The Hall–Kier alpha value is -0.0831. The van der Waals surface area contributed by atoms with Gasteiger partial charge in [0.2, 0.25) is 0 Å². The summed E-state index contributed by atoms with van der Waals surface area (Å²) < 4.78 is 5.50. The van der Waals surface area contributed by atoms with Gasteiger partial charge in [0, 0.05) is 6.61 Å². The van der Waals surface area contributed by atoms with E-state index in [0.29, 0.717) is 0 Å². The monoisotopic (exact) mass is 144 g/mol. The topological polar surface area (TPSA) is 9.23 Å². The Morgan fingerprint density at radius 1 is 1.56 bits per heavy atom. The molecule has 0 N–H and O–H groups in total. The number of allylic oxidation sites excluding steroid dienone is 1. The smallest absolute Gasteiger partial charge is 0.180 e. The molecule has 0 spiro atoms. The quantitative estimate of drug-likeness (QED) is 0.423. The number of rotatable bonds is 5. The van der Waals surface area contributed by atoms with Crippen LogP contribution in [0.5, 0.6) is 0 Å². The standard InChI is InChI=1S/C7H16OSi/c1-4-7-9(6-3)8-5-2/h4,9H,1,5-7H2,2-3H3. The third-order valence-corrected chi connectivity index (χ3v) is 3.86. The largest absolute Gasteiger partial charge is 0.420 e. The molecule has 0 heterocycles. The predicted molar refractivity (Wildman–Crippen MR) is 44.3 cm³/mol. The van der Waals surface area contributed by atoms with E-state index in [1.54, 1.807) is 0 Å². The summed E-state index contributed by atoms with van der Waals surface area (Å²) in [5.41, 5.74) is 0. The average Bonchev–Trinajstić information content (AvgIpc) is 1.88. The molecule has 1 unspecified atom stereocenters. The lowest BCUT2D eigenvalue weighted by Crippen LogP contribution is -2.14. The molecule has 0 fully saturated rings. The molecule has 0 saturated carbocycles. The Morgan fingerprint density at radius 3 is 2.56 bits per heavy atom. The SMILES string of the molecule is C=CC[SiH](CC)OCC. The summed E-state index contributed by atoms with van der Waals surface area (Å²) in [7, 11) is -0.831. The van der Waals surface area contributed by atoms with E-state index in [0.717, 1.165) is 12.7 Å².